The topological polar surface area (TPSA) is 103 Å². The molecule has 3 N–H and O–H groups in total. The van der Waals surface area contributed by atoms with Crippen LogP contribution in [0.3, 0.4) is 0 Å². The van der Waals surface area contributed by atoms with Gasteiger partial charge in [0.25, 0.3) is 0 Å². The molecule has 2 fully saturated rings. The number of hydrogen-bond donors (Lipinski definition) is 3. The summed E-state index contributed by atoms with van der Waals surface area (Å²) in [6, 6.07) is 9.20. The van der Waals surface area contributed by atoms with Crippen LogP contribution in [0.2, 0.25) is 10.0 Å². The molecule has 7 nitrogen and oxygen atoms in total. The van der Waals surface area contributed by atoms with Gasteiger partial charge in [-0.1, -0.05) is 29.3 Å². The van der Waals surface area contributed by atoms with E-state index in [0.717, 1.165) is 66.2 Å². The average molecular weight is 528 g/mol. The zero-order chi connectivity index (χ0) is 25.6. The number of pyridine rings is 1. The number of Topliss-reactive ketones (excluding diaryl/α,β-unsaturated/α-hetero) is 1. The van der Waals surface area contributed by atoms with Crippen molar-refractivity contribution >= 4 is 51.7 Å². The number of ketones is 1. The number of halogens is 2. The van der Waals surface area contributed by atoms with E-state index in [9.17, 15) is 19.8 Å². The molecular weight excluding hydrogens is 501 g/mol. The Labute approximate surface area is 219 Å². The van der Waals surface area contributed by atoms with Crippen molar-refractivity contribution in [3.05, 3.63) is 52.1 Å². The Morgan fingerprint density at radius 1 is 1.00 bits per heavy atom. The summed E-state index contributed by atoms with van der Waals surface area (Å²) in [4.78, 5) is 30.5. The first-order valence-electron chi connectivity index (χ1n) is 12.1. The van der Waals surface area contributed by atoms with Crippen molar-refractivity contribution in [3.63, 3.8) is 0 Å². The number of phenols is 1. The molecule has 0 aliphatic heterocycles. The maximum atomic E-state index is 13.2. The number of carbonyl (C=O) groups excluding carboxylic acids is 1. The monoisotopic (exact) mass is 527 g/mol. The molecule has 36 heavy (non-hydrogen) atoms. The second kappa shape index (κ2) is 9.79. The number of fused-ring (bicyclic) bond motifs is 1. The third-order valence-corrected chi connectivity index (χ3v) is 7.90. The first-order valence-corrected chi connectivity index (χ1v) is 12.9. The van der Waals surface area contributed by atoms with Crippen molar-refractivity contribution in [1.82, 2.24) is 9.88 Å². The number of phenolic OH excluding ortho intramolecular Hbond substituents is 1. The standard InChI is InChI=1S/C27H27Cl2N3O4/c1-32(27(35)36)18-7-5-17(6-8-18)31-24-19-10-15(16-11-21(28)26(34)22(29)12-16)4-9-23(19)30-13-20(24)25(33)14-2-3-14/h4,9-14,17-18,34H,2-3,5-8H2,1H3,(H,30,31)(H,35,36)/t17-,18-. The molecule has 0 radical (unpaired) electrons. The van der Waals surface area contributed by atoms with Crippen LogP contribution in [0, 0.1) is 5.92 Å². The summed E-state index contributed by atoms with van der Waals surface area (Å²) in [5.41, 5.74) is 3.69. The van der Waals surface area contributed by atoms with Gasteiger partial charge in [0.2, 0.25) is 0 Å². The number of rotatable bonds is 6. The molecule has 0 spiro atoms. The fourth-order valence-corrected chi connectivity index (χ4v) is 5.47. The predicted octanol–water partition coefficient (Wildman–Crippen LogP) is 6.84. The number of amides is 1. The van der Waals surface area contributed by atoms with Crippen molar-refractivity contribution < 1.29 is 19.8 Å². The van der Waals surface area contributed by atoms with Gasteiger partial charge in [-0.3, -0.25) is 9.78 Å². The van der Waals surface area contributed by atoms with Gasteiger partial charge in [0.1, 0.15) is 0 Å². The highest BCUT2D eigenvalue weighted by Gasteiger charge is 2.33. The highest BCUT2D eigenvalue weighted by atomic mass is 35.5. The summed E-state index contributed by atoms with van der Waals surface area (Å²) in [5.74, 6) is -0.0108. The Hall–Kier alpha value is -3.03. The van der Waals surface area contributed by atoms with Crippen molar-refractivity contribution in [1.29, 1.82) is 0 Å². The fraction of sp³-hybridized carbons (Fsp3) is 0.370. The van der Waals surface area contributed by atoms with Crippen LogP contribution in [0.5, 0.6) is 5.75 Å². The number of carboxylic acid groups (broad SMARTS) is 1. The lowest BCUT2D eigenvalue weighted by molar-refractivity contribution is 0.0967. The highest BCUT2D eigenvalue weighted by Crippen LogP contribution is 2.40. The van der Waals surface area contributed by atoms with Gasteiger partial charge < -0.3 is 20.4 Å². The number of benzene rings is 2. The molecule has 2 aliphatic carbocycles. The molecule has 0 saturated heterocycles. The molecule has 0 unspecified atom stereocenters. The second-order valence-electron chi connectivity index (χ2n) is 9.75. The van der Waals surface area contributed by atoms with E-state index in [1.54, 1.807) is 25.4 Å². The van der Waals surface area contributed by atoms with E-state index in [2.05, 4.69) is 10.3 Å². The number of nitrogens with one attached hydrogen (secondary N) is 1. The fourth-order valence-electron chi connectivity index (χ4n) is 4.98. The average Bonchev–Trinajstić information content (AvgIpc) is 3.72. The van der Waals surface area contributed by atoms with Gasteiger partial charge in [0, 0.05) is 36.6 Å². The SMILES string of the molecule is CN(C(=O)O)[C@H]1CC[C@H](Nc2c(C(=O)C3CC3)cnc3ccc(-c4cc(Cl)c(O)c(Cl)c4)cc23)CC1. The highest BCUT2D eigenvalue weighted by molar-refractivity contribution is 6.37. The lowest BCUT2D eigenvalue weighted by Gasteiger charge is -2.34. The van der Waals surface area contributed by atoms with Crippen LogP contribution in [0.1, 0.15) is 48.9 Å². The maximum Gasteiger partial charge on any atom is 0.407 e. The summed E-state index contributed by atoms with van der Waals surface area (Å²) >= 11 is 12.3. The van der Waals surface area contributed by atoms with Crippen LogP contribution in [0.15, 0.2) is 36.5 Å². The third kappa shape index (κ3) is 4.82. The van der Waals surface area contributed by atoms with Crippen LogP contribution < -0.4 is 5.32 Å². The molecule has 1 amide bonds. The number of aromatic nitrogens is 1. The predicted molar refractivity (Wildman–Crippen MR) is 141 cm³/mol. The first kappa shape index (κ1) is 24.7. The number of nitrogens with zero attached hydrogens (tertiary/aromatic N) is 2. The maximum absolute atomic E-state index is 13.2. The zero-order valence-corrected chi connectivity index (χ0v) is 21.3. The molecule has 2 aliphatic rings. The van der Waals surface area contributed by atoms with Gasteiger partial charge in [-0.15, -0.1) is 0 Å². The summed E-state index contributed by atoms with van der Waals surface area (Å²) < 4.78 is 0. The minimum atomic E-state index is -0.911. The van der Waals surface area contributed by atoms with E-state index < -0.39 is 6.09 Å². The third-order valence-electron chi connectivity index (χ3n) is 7.33. The van der Waals surface area contributed by atoms with Crippen molar-refractivity contribution in [2.45, 2.75) is 50.6 Å². The summed E-state index contributed by atoms with van der Waals surface area (Å²) in [5, 5.41) is 24.1. The summed E-state index contributed by atoms with van der Waals surface area (Å²) in [7, 11) is 1.62. The minimum Gasteiger partial charge on any atom is -0.505 e. The van der Waals surface area contributed by atoms with Gasteiger partial charge in [-0.25, -0.2) is 4.79 Å². The Morgan fingerprint density at radius 3 is 2.28 bits per heavy atom. The number of anilines is 1. The minimum absolute atomic E-state index is 0.00195. The lowest BCUT2D eigenvalue weighted by Crippen LogP contribution is -2.41. The van der Waals surface area contributed by atoms with Crippen molar-refractivity contribution in [2.24, 2.45) is 5.92 Å². The van der Waals surface area contributed by atoms with Crippen LogP contribution in [-0.2, 0) is 0 Å². The Bertz CT molecular complexity index is 1330. The molecule has 0 atom stereocenters. The quantitative estimate of drug-likeness (QED) is 0.303. The largest absolute Gasteiger partial charge is 0.505 e. The normalized spacial score (nSPS) is 19.8. The van der Waals surface area contributed by atoms with E-state index in [-0.39, 0.29) is 39.6 Å². The van der Waals surface area contributed by atoms with Gasteiger partial charge in [0.15, 0.2) is 11.5 Å². The van der Waals surface area contributed by atoms with Crippen LogP contribution in [0.25, 0.3) is 22.0 Å². The first-order chi connectivity index (χ1) is 17.2. The molecule has 1 heterocycles. The molecule has 0 bridgehead atoms. The number of hydrogen-bond acceptors (Lipinski definition) is 5. The number of aromatic hydroxyl groups is 1. The van der Waals surface area contributed by atoms with E-state index in [1.165, 1.54) is 4.90 Å². The molecule has 2 aromatic carbocycles. The van der Waals surface area contributed by atoms with Crippen LogP contribution in [0.4, 0.5) is 10.5 Å². The van der Waals surface area contributed by atoms with Gasteiger partial charge in [-0.05, 0) is 73.9 Å². The van der Waals surface area contributed by atoms with Crippen molar-refractivity contribution in [3.8, 4) is 16.9 Å². The smallest absolute Gasteiger partial charge is 0.407 e. The van der Waals surface area contributed by atoms with Gasteiger partial charge in [-0.2, -0.15) is 0 Å². The molecule has 1 aromatic heterocycles. The summed E-state index contributed by atoms with van der Waals surface area (Å²) in [6.45, 7) is 0. The van der Waals surface area contributed by atoms with Crippen LogP contribution >= 0.6 is 23.2 Å². The van der Waals surface area contributed by atoms with E-state index >= 15 is 0 Å². The Balaban J connectivity index is 1.52. The number of carbonyl (C=O) groups is 2. The van der Waals surface area contributed by atoms with Gasteiger partial charge in [0.05, 0.1) is 26.8 Å². The summed E-state index contributed by atoms with van der Waals surface area (Å²) in [6.07, 6.45) is 5.66. The Morgan fingerprint density at radius 2 is 1.67 bits per heavy atom. The van der Waals surface area contributed by atoms with Gasteiger partial charge >= 0.3 is 6.09 Å². The molecule has 188 valence electrons. The van der Waals surface area contributed by atoms with Crippen LogP contribution in [-0.4, -0.2) is 51.1 Å². The second-order valence-corrected chi connectivity index (χ2v) is 10.6. The molecule has 3 aromatic rings. The Kier molecular flexibility index (Phi) is 6.70. The van der Waals surface area contributed by atoms with Crippen molar-refractivity contribution in [2.75, 3.05) is 12.4 Å². The van der Waals surface area contributed by atoms with E-state index in [1.807, 2.05) is 18.2 Å². The molecule has 9 heteroatoms. The van der Waals surface area contributed by atoms with E-state index in [0.29, 0.717) is 5.56 Å². The molecule has 2 saturated carbocycles. The van der Waals surface area contributed by atoms with E-state index in [4.69, 9.17) is 23.2 Å². The lowest BCUT2D eigenvalue weighted by atomic mass is 9.89. The molecular formula is C27H27Cl2N3O4. The molecule has 5 rings (SSSR count). The zero-order valence-electron chi connectivity index (χ0n) is 19.8.